The number of phenolic OH excluding ortho intramolecular Hbond substituents is 1. The first-order valence-corrected chi connectivity index (χ1v) is 9.05. The summed E-state index contributed by atoms with van der Waals surface area (Å²) in [4.78, 5) is 12.3. The number of nitrogens with zero attached hydrogens (tertiary/aromatic N) is 1. The number of benzene rings is 3. The molecule has 6 heteroatoms. The molecule has 148 valence electrons. The maximum absolute atomic E-state index is 12.3. The predicted molar refractivity (Wildman–Crippen MR) is 112 cm³/mol. The number of rotatable bonds is 7. The molecule has 6 nitrogen and oxygen atoms in total. The van der Waals surface area contributed by atoms with Crippen LogP contribution in [0.1, 0.15) is 28.4 Å². The zero-order chi connectivity index (χ0) is 20.6. The number of hydrazone groups is 1. The molecule has 0 fully saturated rings. The maximum Gasteiger partial charge on any atom is 0.271 e. The van der Waals surface area contributed by atoms with Crippen LogP contribution in [0.15, 0.2) is 77.9 Å². The van der Waals surface area contributed by atoms with Gasteiger partial charge in [0.15, 0.2) is 0 Å². The normalized spacial score (nSPS) is 11.0. The SMILES string of the molecule is COc1ccc(O)c(/C(C)=N/NC(=O)c2ccc(COc3ccccc3)cc2)c1. The van der Waals surface area contributed by atoms with Crippen LogP contribution in [0.4, 0.5) is 0 Å². The summed E-state index contributed by atoms with van der Waals surface area (Å²) < 4.78 is 10.8. The van der Waals surface area contributed by atoms with Crippen LogP contribution in [-0.4, -0.2) is 23.8 Å². The molecule has 0 radical (unpaired) electrons. The van der Waals surface area contributed by atoms with Gasteiger partial charge >= 0.3 is 0 Å². The molecule has 0 saturated heterocycles. The van der Waals surface area contributed by atoms with Crippen molar-refractivity contribution in [3.63, 3.8) is 0 Å². The molecule has 0 spiro atoms. The number of hydrogen-bond donors (Lipinski definition) is 2. The van der Waals surface area contributed by atoms with Crippen molar-refractivity contribution < 1.29 is 19.4 Å². The van der Waals surface area contributed by atoms with Gasteiger partial charge in [0, 0.05) is 11.1 Å². The van der Waals surface area contributed by atoms with E-state index in [0.29, 0.717) is 29.2 Å². The van der Waals surface area contributed by atoms with Crippen LogP contribution in [0, 0.1) is 0 Å². The fourth-order valence-corrected chi connectivity index (χ4v) is 2.63. The van der Waals surface area contributed by atoms with Gasteiger partial charge in [-0.25, -0.2) is 5.43 Å². The molecular formula is C23H22N2O4. The Hall–Kier alpha value is -3.80. The molecule has 29 heavy (non-hydrogen) atoms. The lowest BCUT2D eigenvalue weighted by atomic mass is 10.1. The molecule has 2 N–H and O–H groups in total. The second kappa shape index (κ2) is 9.41. The topological polar surface area (TPSA) is 80.2 Å². The Morgan fingerprint density at radius 3 is 2.41 bits per heavy atom. The molecule has 0 aliphatic carbocycles. The third-order valence-corrected chi connectivity index (χ3v) is 4.28. The molecule has 1 amide bonds. The second-order valence-corrected chi connectivity index (χ2v) is 6.32. The molecule has 0 unspecified atom stereocenters. The van der Waals surface area contributed by atoms with Gasteiger partial charge in [-0.3, -0.25) is 4.79 Å². The van der Waals surface area contributed by atoms with E-state index in [1.54, 1.807) is 38.3 Å². The van der Waals surface area contributed by atoms with Crippen LogP contribution in [0.5, 0.6) is 17.2 Å². The number of nitrogens with one attached hydrogen (secondary N) is 1. The Morgan fingerprint density at radius 1 is 1.00 bits per heavy atom. The molecule has 3 aromatic carbocycles. The Balaban J connectivity index is 1.61. The fourth-order valence-electron chi connectivity index (χ4n) is 2.63. The summed E-state index contributed by atoms with van der Waals surface area (Å²) in [6.45, 7) is 2.11. The number of para-hydroxylation sites is 1. The average Bonchev–Trinajstić information content (AvgIpc) is 2.77. The lowest BCUT2D eigenvalue weighted by Gasteiger charge is -2.08. The predicted octanol–water partition coefficient (Wildman–Crippen LogP) is 4.13. The highest BCUT2D eigenvalue weighted by atomic mass is 16.5. The summed E-state index contributed by atoms with van der Waals surface area (Å²) in [5, 5.41) is 14.1. The highest BCUT2D eigenvalue weighted by molar-refractivity contribution is 6.02. The third-order valence-electron chi connectivity index (χ3n) is 4.28. The van der Waals surface area contributed by atoms with E-state index >= 15 is 0 Å². The van der Waals surface area contributed by atoms with Gasteiger partial charge in [-0.15, -0.1) is 0 Å². The molecule has 0 heterocycles. The lowest BCUT2D eigenvalue weighted by Crippen LogP contribution is -2.19. The quantitative estimate of drug-likeness (QED) is 0.469. The largest absolute Gasteiger partial charge is 0.507 e. The van der Waals surface area contributed by atoms with Crippen molar-refractivity contribution in [1.29, 1.82) is 0 Å². The van der Waals surface area contributed by atoms with Crippen molar-refractivity contribution in [3.8, 4) is 17.2 Å². The molecule has 0 saturated carbocycles. The molecular weight excluding hydrogens is 368 g/mol. The number of carbonyl (C=O) groups excluding carboxylic acids is 1. The van der Waals surface area contributed by atoms with Gasteiger partial charge in [0.25, 0.3) is 5.91 Å². The van der Waals surface area contributed by atoms with E-state index in [2.05, 4.69) is 10.5 Å². The van der Waals surface area contributed by atoms with Gasteiger partial charge < -0.3 is 14.6 Å². The number of methoxy groups -OCH3 is 1. The standard InChI is InChI=1S/C23H22N2O4/c1-16(21-14-20(28-2)12-13-22(21)26)24-25-23(27)18-10-8-17(9-11-18)15-29-19-6-4-3-5-7-19/h3-14,26H,15H2,1-2H3,(H,25,27)/b24-16+. The van der Waals surface area contributed by atoms with E-state index in [1.165, 1.54) is 6.07 Å². The van der Waals surface area contributed by atoms with E-state index < -0.39 is 0 Å². The fraction of sp³-hybridized carbons (Fsp3) is 0.130. The first-order valence-electron chi connectivity index (χ1n) is 9.05. The third kappa shape index (κ3) is 5.35. The van der Waals surface area contributed by atoms with Crippen LogP contribution < -0.4 is 14.9 Å². The van der Waals surface area contributed by atoms with Gasteiger partial charge in [-0.2, -0.15) is 5.10 Å². The number of aromatic hydroxyl groups is 1. The van der Waals surface area contributed by atoms with E-state index in [1.807, 2.05) is 42.5 Å². The van der Waals surface area contributed by atoms with Crippen molar-refractivity contribution in [1.82, 2.24) is 5.43 Å². The van der Waals surface area contributed by atoms with Crippen molar-refractivity contribution in [2.45, 2.75) is 13.5 Å². The molecule has 0 aliphatic heterocycles. The summed E-state index contributed by atoms with van der Waals surface area (Å²) in [7, 11) is 1.54. The van der Waals surface area contributed by atoms with Crippen LogP contribution in [-0.2, 0) is 6.61 Å². The van der Waals surface area contributed by atoms with Crippen LogP contribution in [0.2, 0.25) is 0 Å². The van der Waals surface area contributed by atoms with Gasteiger partial charge in [0.05, 0.1) is 12.8 Å². The monoisotopic (exact) mass is 390 g/mol. The Morgan fingerprint density at radius 2 is 1.72 bits per heavy atom. The zero-order valence-corrected chi connectivity index (χ0v) is 16.3. The van der Waals surface area contributed by atoms with Crippen molar-refractivity contribution in [2.24, 2.45) is 5.10 Å². The van der Waals surface area contributed by atoms with E-state index in [4.69, 9.17) is 9.47 Å². The molecule has 0 aromatic heterocycles. The zero-order valence-electron chi connectivity index (χ0n) is 16.3. The Bertz CT molecular complexity index is 999. The number of phenols is 1. The first-order chi connectivity index (χ1) is 14.1. The lowest BCUT2D eigenvalue weighted by molar-refractivity contribution is 0.0954. The molecule has 0 aliphatic rings. The van der Waals surface area contributed by atoms with Gasteiger partial charge in [-0.1, -0.05) is 30.3 Å². The van der Waals surface area contributed by atoms with Gasteiger partial charge in [0.1, 0.15) is 23.9 Å². The van der Waals surface area contributed by atoms with E-state index in [0.717, 1.165) is 11.3 Å². The minimum Gasteiger partial charge on any atom is -0.507 e. The van der Waals surface area contributed by atoms with E-state index in [9.17, 15) is 9.90 Å². The minimum absolute atomic E-state index is 0.0593. The van der Waals surface area contributed by atoms with Crippen molar-refractivity contribution >= 4 is 11.6 Å². The molecule has 3 rings (SSSR count). The summed E-state index contributed by atoms with van der Waals surface area (Å²) in [5.41, 5.74) is 4.87. The molecule has 3 aromatic rings. The summed E-state index contributed by atoms with van der Waals surface area (Å²) in [6, 6.07) is 21.5. The molecule has 0 bridgehead atoms. The maximum atomic E-state index is 12.3. The van der Waals surface area contributed by atoms with Crippen LogP contribution in [0.3, 0.4) is 0 Å². The summed E-state index contributed by atoms with van der Waals surface area (Å²) in [5.74, 6) is 1.10. The highest BCUT2D eigenvalue weighted by Gasteiger charge is 2.09. The van der Waals surface area contributed by atoms with Gasteiger partial charge in [0.2, 0.25) is 0 Å². The average molecular weight is 390 g/mol. The second-order valence-electron chi connectivity index (χ2n) is 6.32. The minimum atomic E-state index is -0.345. The van der Waals surface area contributed by atoms with E-state index in [-0.39, 0.29) is 11.7 Å². The highest BCUT2D eigenvalue weighted by Crippen LogP contribution is 2.23. The number of amides is 1. The molecule has 0 atom stereocenters. The Labute approximate surface area is 169 Å². The van der Waals surface area contributed by atoms with Gasteiger partial charge in [-0.05, 0) is 55.0 Å². The number of ether oxygens (including phenoxy) is 2. The van der Waals surface area contributed by atoms with Crippen molar-refractivity contribution in [3.05, 3.63) is 89.5 Å². The first kappa shape index (κ1) is 19.9. The number of hydrogen-bond acceptors (Lipinski definition) is 5. The summed E-state index contributed by atoms with van der Waals surface area (Å²) in [6.07, 6.45) is 0. The van der Waals surface area contributed by atoms with Crippen LogP contribution in [0.25, 0.3) is 0 Å². The van der Waals surface area contributed by atoms with Crippen molar-refractivity contribution in [2.75, 3.05) is 7.11 Å². The summed E-state index contributed by atoms with van der Waals surface area (Å²) >= 11 is 0. The smallest absolute Gasteiger partial charge is 0.271 e. The Kier molecular flexibility index (Phi) is 6.47. The number of carbonyl (C=O) groups is 1. The van der Waals surface area contributed by atoms with Crippen LogP contribution >= 0.6 is 0 Å².